The molecular formula is C18H19FN4O5. The highest BCUT2D eigenvalue weighted by Gasteiger charge is 2.21. The van der Waals surface area contributed by atoms with Gasteiger partial charge in [0.25, 0.3) is 11.8 Å². The zero-order chi connectivity index (χ0) is 20.7. The van der Waals surface area contributed by atoms with Crippen LogP contribution in [0.15, 0.2) is 30.5 Å². The molecule has 148 valence electrons. The highest BCUT2D eigenvalue weighted by molar-refractivity contribution is 6.10. The van der Waals surface area contributed by atoms with Crippen LogP contribution in [0.1, 0.15) is 27.1 Å². The van der Waals surface area contributed by atoms with Crippen LogP contribution in [0.5, 0.6) is 5.75 Å². The Morgan fingerprint density at radius 1 is 1.21 bits per heavy atom. The molecule has 1 aromatic heterocycles. The number of ether oxygens (including phenoxy) is 1. The molecule has 0 saturated heterocycles. The van der Waals surface area contributed by atoms with Crippen LogP contribution in [-0.4, -0.2) is 48.6 Å². The maximum Gasteiger partial charge on any atom is 0.262 e. The number of nitrogens with one attached hydrogen (secondary N) is 3. The first-order chi connectivity index (χ1) is 13.4. The van der Waals surface area contributed by atoms with Gasteiger partial charge in [0, 0.05) is 19.3 Å². The van der Waals surface area contributed by atoms with Crippen LogP contribution in [0.3, 0.4) is 0 Å². The van der Waals surface area contributed by atoms with Crippen molar-refractivity contribution < 1.29 is 28.6 Å². The fraction of sp³-hybridized carbons (Fsp3) is 0.222. The first-order valence-electron chi connectivity index (χ1n) is 8.18. The molecule has 0 bridgehead atoms. The number of rotatable bonds is 7. The normalized spacial score (nSPS) is 10.1. The number of hydrogen-bond donors (Lipinski definition) is 4. The molecule has 0 spiro atoms. The van der Waals surface area contributed by atoms with Gasteiger partial charge in [-0.3, -0.25) is 14.4 Å². The van der Waals surface area contributed by atoms with Crippen molar-refractivity contribution in [2.75, 3.05) is 31.4 Å². The lowest BCUT2D eigenvalue weighted by Crippen LogP contribution is -2.23. The van der Waals surface area contributed by atoms with E-state index in [9.17, 15) is 18.8 Å². The van der Waals surface area contributed by atoms with Crippen molar-refractivity contribution in [1.29, 1.82) is 0 Å². The minimum Gasteiger partial charge on any atom is -0.496 e. The average Bonchev–Trinajstić information content (AvgIpc) is 2.67. The molecule has 0 radical (unpaired) electrons. The van der Waals surface area contributed by atoms with Gasteiger partial charge in [0.1, 0.15) is 22.9 Å². The van der Waals surface area contributed by atoms with Crippen molar-refractivity contribution in [3.8, 4) is 5.75 Å². The van der Waals surface area contributed by atoms with Crippen LogP contribution in [0.2, 0.25) is 0 Å². The van der Waals surface area contributed by atoms with Crippen molar-refractivity contribution in [3.05, 3.63) is 47.4 Å². The van der Waals surface area contributed by atoms with Gasteiger partial charge < -0.3 is 25.8 Å². The number of carbonyl (C=O) groups is 3. The van der Waals surface area contributed by atoms with Gasteiger partial charge in [-0.2, -0.15) is 0 Å². The van der Waals surface area contributed by atoms with Crippen molar-refractivity contribution in [2.45, 2.75) is 6.42 Å². The summed E-state index contributed by atoms with van der Waals surface area (Å²) in [6, 6.07) is 5.17. The second kappa shape index (κ2) is 9.42. The lowest BCUT2D eigenvalue weighted by molar-refractivity contribution is -0.116. The summed E-state index contributed by atoms with van der Waals surface area (Å²) in [4.78, 5) is 40.2. The minimum absolute atomic E-state index is 0.00366. The summed E-state index contributed by atoms with van der Waals surface area (Å²) >= 11 is 0. The van der Waals surface area contributed by atoms with Crippen LogP contribution in [0.25, 0.3) is 0 Å². The van der Waals surface area contributed by atoms with Crippen LogP contribution in [-0.2, 0) is 4.79 Å². The molecule has 1 heterocycles. The monoisotopic (exact) mass is 390 g/mol. The highest BCUT2D eigenvalue weighted by atomic mass is 19.1. The van der Waals surface area contributed by atoms with E-state index in [-0.39, 0.29) is 41.4 Å². The summed E-state index contributed by atoms with van der Waals surface area (Å²) in [5.74, 6) is -2.64. The minimum atomic E-state index is -0.848. The molecule has 3 amide bonds. The van der Waals surface area contributed by atoms with Gasteiger partial charge in [-0.25, -0.2) is 9.37 Å². The molecule has 2 rings (SSSR count). The van der Waals surface area contributed by atoms with E-state index in [1.165, 1.54) is 32.4 Å². The Hall–Kier alpha value is -3.53. The SMILES string of the molecule is CNC(=O)c1cnc(NC(=O)CCO)cc1NC(=O)c1c(F)cccc1OC. The molecule has 0 fully saturated rings. The first kappa shape index (κ1) is 20.8. The topological polar surface area (TPSA) is 130 Å². The Labute approximate surface area is 159 Å². The van der Waals surface area contributed by atoms with E-state index in [0.717, 1.165) is 12.3 Å². The molecule has 1 aromatic carbocycles. The van der Waals surface area contributed by atoms with E-state index in [1.54, 1.807) is 0 Å². The summed E-state index contributed by atoms with van der Waals surface area (Å²) < 4.78 is 19.2. The van der Waals surface area contributed by atoms with E-state index < -0.39 is 23.5 Å². The molecule has 0 aliphatic heterocycles. The van der Waals surface area contributed by atoms with Gasteiger partial charge in [-0.15, -0.1) is 0 Å². The Morgan fingerprint density at radius 2 is 1.96 bits per heavy atom. The number of benzene rings is 1. The van der Waals surface area contributed by atoms with Crippen molar-refractivity contribution in [3.63, 3.8) is 0 Å². The predicted molar refractivity (Wildman–Crippen MR) is 98.9 cm³/mol. The third-order valence-electron chi connectivity index (χ3n) is 3.65. The number of carbonyl (C=O) groups excluding carboxylic acids is 3. The Balaban J connectivity index is 2.40. The second-order valence-electron chi connectivity index (χ2n) is 5.49. The van der Waals surface area contributed by atoms with Gasteiger partial charge in [-0.1, -0.05) is 6.07 Å². The summed E-state index contributed by atoms with van der Waals surface area (Å²) in [6.45, 7) is -0.348. The summed E-state index contributed by atoms with van der Waals surface area (Å²) in [5, 5.41) is 16.1. The number of aliphatic hydroxyl groups is 1. The molecule has 2 aromatic rings. The summed E-state index contributed by atoms with van der Waals surface area (Å²) in [5.41, 5.74) is -0.328. The number of nitrogens with zero attached hydrogens (tertiary/aromatic N) is 1. The number of anilines is 2. The fourth-order valence-corrected chi connectivity index (χ4v) is 2.33. The molecular weight excluding hydrogens is 371 g/mol. The van der Waals surface area contributed by atoms with E-state index in [0.29, 0.717) is 0 Å². The third-order valence-corrected chi connectivity index (χ3v) is 3.65. The number of aliphatic hydroxyl groups excluding tert-OH is 1. The Morgan fingerprint density at radius 3 is 2.61 bits per heavy atom. The number of hydrogen-bond acceptors (Lipinski definition) is 6. The van der Waals surface area contributed by atoms with Gasteiger partial charge in [0.2, 0.25) is 5.91 Å². The summed E-state index contributed by atoms with van der Waals surface area (Å²) in [6.07, 6.45) is 1.01. The maximum absolute atomic E-state index is 14.1. The molecule has 0 aliphatic carbocycles. The molecule has 28 heavy (non-hydrogen) atoms. The summed E-state index contributed by atoms with van der Waals surface area (Å²) in [7, 11) is 2.69. The second-order valence-corrected chi connectivity index (χ2v) is 5.49. The molecule has 10 heteroatoms. The van der Waals surface area contributed by atoms with Crippen molar-refractivity contribution in [2.24, 2.45) is 0 Å². The van der Waals surface area contributed by atoms with Crippen molar-refractivity contribution >= 4 is 29.2 Å². The zero-order valence-corrected chi connectivity index (χ0v) is 15.2. The van der Waals surface area contributed by atoms with Gasteiger partial charge in [-0.05, 0) is 12.1 Å². The zero-order valence-electron chi connectivity index (χ0n) is 15.2. The third kappa shape index (κ3) is 4.80. The number of methoxy groups -OCH3 is 1. The lowest BCUT2D eigenvalue weighted by Gasteiger charge is -2.14. The highest BCUT2D eigenvalue weighted by Crippen LogP contribution is 2.25. The standard InChI is InChI=1S/C18H19FN4O5/c1-20-17(26)10-9-21-14(23-15(25)6-7-24)8-12(10)22-18(27)16-11(19)4-3-5-13(16)28-2/h3-5,8-9,24H,6-7H2,1-2H3,(H,20,26)(H2,21,22,23,25,27). The number of amides is 3. The van der Waals surface area contributed by atoms with E-state index >= 15 is 0 Å². The molecule has 0 unspecified atom stereocenters. The number of aromatic nitrogens is 1. The smallest absolute Gasteiger partial charge is 0.262 e. The van der Waals surface area contributed by atoms with E-state index in [4.69, 9.17) is 9.84 Å². The maximum atomic E-state index is 14.1. The van der Waals surface area contributed by atoms with E-state index in [1.807, 2.05) is 0 Å². The van der Waals surface area contributed by atoms with Gasteiger partial charge in [0.05, 0.1) is 31.4 Å². The molecule has 9 nitrogen and oxygen atoms in total. The Bertz CT molecular complexity index is 904. The van der Waals surface area contributed by atoms with Gasteiger partial charge >= 0.3 is 0 Å². The van der Waals surface area contributed by atoms with Crippen LogP contribution < -0.4 is 20.7 Å². The fourth-order valence-electron chi connectivity index (χ4n) is 2.33. The van der Waals surface area contributed by atoms with Gasteiger partial charge in [0.15, 0.2) is 0 Å². The lowest BCUT2D eigenvalue weighted by atomic mass is 10.1. The molecule has 0 aliphatic rings. The van der Waals surface area contributed by atoms with Crippen molar-refractivity contribution in [1.82, 2.24) is 10.3 Å². The predicted octanol–water partition coefficient (Wildman–Crippen LogP) is 1.16. The molecule has 0 atom stereocenters. The first-order valence-corrected chi connectivity index (χ1v) is 8.18. The molecule has 4 N–H and O–H groups in total. The average molecular weight is 390 g/mol. The largest absolute Gasteiger partial charge is 0.496 e. The Kier molecular flexibility index (Phi) is 6.99. The quantitative estimate of drug-likeness (QED) is 0.561. The molecule has 0 saturated carbocycles. The number of pyridine rings is 1. The van der Waals surface area contributed by atoms with E-state index in [2.05, 4.69) is 20.9 Å². The van der Waals surface area contributed by atoms with Crippen LogP contribution >= 0.6 is 0 Å². The van der Waals surface area contributed by atoms with Crippen LogP contribution in [0, 0.1) is 5.82 Å². The number of halogens is 1. The van der Waals surface area contributed by atoms with Crippen LogP contribution in [0.4, 0.5) is 15.9 Å².